The topological polar surface area (TPSA) is 61.7 Å². The predicted molar refractivity (Wildman–Crippen MR) is 143 cm³/mol. The molecule has 1 aromatic carbocycles. The van der Waals surface area contributed by atoms with E-state index in [-0.39, 0.29) is 0 Å². The van der Waals surface area contributed by atoms with E-state index in [1.54, 1.807) is 6.07 Å². The van der Waals surface area contributed by atoms with Gasteiger partial charge in [-0.05, 0) is 54.2 Å². The number of hydrogen-bond donors (Lipinski definition) is 3. The summed E-state index contributed by atoms with van der Waals surface area (Å²) in [6, 6.07) is 9.32. The summed E-state index contributed by atoms with van der Waals surface area (Å²) in [7, 11) is -3.25. The molecule has 1 aliphatic carbocycles. The van der Waals surface area contributed by atoms with Crippen LogP contribution < -0.4 is 9.46 Å². The second-order valence-electron chi connectivity index (χ2n) is 7.39. The summed E-state index contributed by atoms with van der Waals surface area (Å²) in [5, 5.41) is 0.778. The quantitative estimate of drug-likeness (QED) is 0.284. The molecule has 0 spiro atoms. The molecule has 4 nitrogen and oxygen atoms in total. The number of halogens is 1. The minimum absolute atomic E-state index is 0.296. The normalized spacial score (nSPS) is 15.1. The van der Waals surface area contributed by atoms with Crippen LogP contribution in [0.4, 0.5) is 0 Å². The number of thiophene rings is 1. The zero-order chi connectivity index (χ0) is 23.7. The van der Waals surface area contributed by atoms with E-state index in [1.165, 1.54) is 5.56 Å². The third kappa shape index (κ3) is 7.47. The molecule has 1 aromatic heterocycles. The summed E-state index contributed by atoms with van der Waals surface area (Å²) in [4.78, 5) is 0. The Morgan fingerprint density at radius 2 is 1.88 bits per heavy atom. The van der Waals surface area contributed by atoms with Crippen LogP contribution in [0.3, 0.4) is 0 Å². The Morgan fingerprint density at radius 3 is 2.61 bits per heavy atom. The van der Waals surface area contributed by atoms with Crippen molar-refractivity contribution in [1.82, 2.24) is 4.72 Å². The molecule has 0 unspecified atom stereocenters. The minimum Gasteiger partial charge on any atom is -0.445 e. The fourth-order valence-electron chi connectivity index (χ4n) is 3.08. The second-order valence-corrected chi connectivity index (χ2v) is 10.9. The summed E-state index contributed by atoms with van der Waals surface area (Å²) in [5.41, 5.74) is 3.21. The highest BCUT2D eigenvalue weighted by molar-refractivity contribution is 8.24. The van der Waals surface area contributed by atoms with Gasteiger partial charge in [-0.25, -0.2) is 4.72 Å². The third-order valence-corrected chi connectivity index (χ3v) is 8.31. The molecule has 0 atom stereocenters. The zero-order valence-corrected chi connectivity index (χ0v) is 21.2. The molecular weight excluding hydrogens is 474 g/mol. The smallest absolute Gasteiger partial charge is 0.201 e. The van der Waals surface area contributed by atoms with Crippen molar-refractivity contribution in [2.75, 3.05) is 6.54 Å². The molecule has 0 bridgehead atoms. The summed E-state index contributed by atoms with van der Waals surface area (Å²) >= 11 is 7.47. The van der Waals surface area contributed by atoms with E-state index in [0.717, 1.165) is 41.7 Å². The molecule has 0 saturated heterocycles. The molecule has 33 heavy (non-hydrogen) atoms. The number of nitrogens with one attached hydrogen (secondary N) is 1. The lowest BCUT2D eigenvalue weighted by Crippen LogP contribution is -2.22. The van der Waals surface area contributed by atoms with Gasteiger partial charge < -0.3 is 4.74 Å². The Bertz CT molecular complexity index is 1080. The highest BCUT2D eigenvalue weighted by atomic mass is 35.5. The van der Waals surface area contributed by atoms with Crippen molar-refractivity contribution in [3.63, 3.8) is 0 Å². The number of allylic oxidation sites excluding steroid dienone is 8. The van der Waals surface area contributed by atoms with Gasteiger partial charge in [0.05, 0.1) is 5.02 Å². The number of benzene rings is 1. The first-order valence-corrected chi connectivity index (χ1v) is 13.7. The summed E-state index contributed by atoms with van der Waals surface area (Å²) in [6.45, 7) is 4.48. The molecule has 3 N–H and O–H groups in total. The van der Waals surface area contributed by atoms with Gasteiger partial charge in [0.2, 0.25) is 5.06 Å². The lowest BCUT2D eigenvalue weighted by atomic mass is 10.1. The summed E-state index contributed by atoms with van der Waals surface area (Å²) in [6.07, 6.45) is 19.1. The highest BCUT2D eigenvalue weighted by Crippen LogP contribution is 2.53. The van der Waals surface area contributed by atoms with E-state index in [1.807, 2.05) is 48.6 Å². The van der Waals surface area contributed by atoms with E-state index in [4.69, 9.17) is 16.3 Å². The Hall–Kier alpha value is -2.06. The lowest BCUT2D eigenvalue weighted by molar-refractivity contribution is 0.475. The molecule has 7 heteroatoms. The van der Waals surface area contributed by atoms with E-state index < -0.39 is 10.8 Å². The Labute approximate surface area is 207 Å². The lowest BCUT2D eigenvalue weighted by Gasteiger charge is -2.31. The van der Waals surface area contributed by atoms with Crippen LogP contribution in [-0.4, -0.2) is 15.7 Å². The Morgan fingerprint density at radius 1 is 1.12 bits per heavy atom. The molecule has 0 saturated carbocycles. The predicted octanol–water partition coefficient (Wildman–Crippen LogP) is 8.71. The average molecular weight is 504 g/mol. The van der Waals surface area contributed by atoms with E-state index in [2.05, 4.69) is 42.9 Å². The number of aryl methyl sites for hydroxylation is 1. The highest BCUT2D eigenvalue weighted by Gasteiger charge is 2.22. The SMILES string of the molecule is CC/C=C\C=C/C1=C(CNS(O)(O)c2cc(Cl)c(Oc3ccc(CC)cc3)s2)C=CCC=C1. The fraction of sp³-hybridized carbons (Fsp3) is 0.231. The second kappa shape index (κ2) is 12.4. The van der Waals surface area contributed by atoms with Crippen LogP contribution in [0, 0.1) is 0 Å². The van der Waals surface area contributed by atoms with Crippen molar-refractivity contribution in [3.8, 4) is 10.8 Å². The monoisotopic (exact) mass is 503 g/mol. The van der Waals surface area contributed by atoms with Crippen LogP contribution in [0.5, 0.6) is 10.8 Å². The van der Waals surface area contributed by atoms with Crippen molar-refractivity contribution in [3.05, 3.63) is 101 Å². The van der Waals surface area contributed by atoms with Crippen LogP contribution in [0.2, 0.25) is 5.02 Å². The van der Waals surface area contributed by atoms with Gasteiger partial charge in [0.1, 0.15) is 9.96 Å². The molecule has 0 fully saturated rings. The summed E-state index contributed by atoms with van der Waals surface area (Å²) < 4.78 is 30.8. The fourth-order valence-corrected chi connectivity index (χ4v) is 5.77. The number of hydrogen-bond acceptors (Lipinski definition) is 5. The maximum Gasteiger partial charge on any atom is 0.201 e. The largest absolute Gasteiger partial charge is 0.445 e. The van der Waals surface area contributed by atoms with Gasteiger partial charge in [0.15, 0.2) is 0 Å². The van der Waals surface area contributed by atoms with Gasteiger partial charge in [-0.1, -0.05) is 97.5 Å². The van der Waals surface area contributed by atoms with Crippen molar-refractivity contribution < 1.29 is 13.8 Å². The molecule has 1 heterocycles. The van der Waals surface area contributed by atoms with Gasteiger partial charge in [-0.15, -0.1) is 10.8 Å². The van der Waals surface area contributed by atoms with Gasteiger partial charge >= 0.3 is 0 Å². The molecule has 0 radical (unpaired) electrons. The van der Waals surface area contributed by atoms with Gasteiger partial charge in [0.25, 0.3) is 0 Å². The van der Waals surface area contributed by atoms with Crippen LogP contribution in [-0.2, 0) is 6.42 Å². The van der Waals surface area contributed by atoms with Crippen molar-refractivity contribution in [1.29, 1.82) is 0 Å². The van der Waals surface area contributed by atoms with Crippen LogP contribution >= 0.6 is 33.7 Å². The minimum atomic E-state index is -3.25. The van der Waals surface area contributed by atoms with Crippen LogP contribution in [0.1, 0.15) is 32.3 Å². The molecule has 3 rings (SSSR count). The van der Waals surface area contributed by atoms with E-state index in [9.17, 15) is 9.11 Å². The molecule has 0 amide bonds. The van der Waals surface area contributed by atoms with Crippen molar-refractivity contribution in [2.45, 2.75) is 37.3 Å². The zero-order valence-electron chi connectivity index (χ0n) is 18.8. The molecule has 1 aliphatic rings. The van der Waals surface area contributed by atoms with Crippen molar-refractivity contribution >= 4 is 33.7 Å². The molecule has 176 valence electrons. The first-order chi connectivity index (χ1) is 15.9. The number of rotatable bonds is 10. The Kier molecular flexibility index (Phi) is 9.62. The number of ether oxygens (including phenoxy) is 1. The Balaban J connectivity index is 1.73. The first-order valence-electron chi connectivity index (χ1n) is 10.9. The molecular formula is C26H30ClNO3S2. The standard InChI is InChI=1S/C26H30ClNO3S2/c1-3-5-6-8-11-21-12-9-7-10-13-22(21)19-28-33(29,30)25-18-24(27)26(32-25)31-23-16-14-20(4-2)15-17-23/h5-6,8-18,28-30H,3-4,7,19H2,1-2H3/b6-5-,11-8-. The van der Waals surface area contributed by atoms with E-state index in [0.29, 0.717) is 26.6 Å². The third-order valence-electron chi connectivity index (χ3n) is 4.94. The van der Waals surface area contributed by atoms with Gasteiger partial charge in [-0.2, -0.15) is 0 Å². The molecule has 0 aliphatic heterocycles. The van der Waals surface area contributed by atoms with Gasteiger partial charge in [0, 0.05) is 6.54 Å². The first kappa shape index (κ1) is 25.6. The molecule has 2 aromatic rings. The maximum absolute atomic E-state index is 10.8. The maximum atomic E-state index is 10.8. The van der Waals surface area contributed by atoms with Crippen LogP contribution in [0.25, 0.3) is 0 Å². The summed E-state index contributed by atoms with van der Waals surface area (Å²) in [5.74, 6) is 0.654. The average Bonchev–Trinajstić information content (AvgIpc) is 3.04. The van der Waals surface area contributed by atoms with E-state index >= 15 is 0 Å². The van der Waals surface area contributed by atoms with Crippen molar-refractivity contribution in [2.24, 2.45) is 0 Å². The van der Waals surface area contributed by atoms with Gasteiger partial charge in [-0.3, -0.25) is 9.11 Å². The van der Waals surface area contributed by atoms with Crippen LogP contribution in [0.15, 0.2) is 94.3 Å².